The molecule has 0 fully saturated rings. The predicted octanol–water partition coefficient (Wildman–Crippen LogP) is 2.97. The topological polar surface area (TPSA) is 51.4 Å². The SMILES string of the molecule is CCN(c1ccccc1F)c1nc(OC)ccc1N. The molecule has 2 rings (SSSR count). The molecule has 5 heteroatoms. The molecule has 2 aromatic rings. The van der Waals surface area contributed by atoms with Gasteiger partial charge in [0.1, 0.15) is 5.82 Å². The molecule has 0 spiro atoms. The molecule has 1 aromatic heterocycles. The van der Waals surface area contributed by atoms with Gasteiger partial charge in [-0.1, -0.05) is 12.1 Å². The largest absolute Gasteiger partial charge is 0.481 e. The highest BCUT2D eigenvalue weighted by Gasteiger charge is 2.16. The first-order valence-electron chi connectivity index (χ1n) is 6.00. The van der Waals surface area contributed by atoms with Crippen LogP contribution in [0.5, 0.6) is 5.88 Å². The molecule has 0 aliphatic carbocycles. The summed E-state index contributed by atoms with van der Waals surface area (Å²) in [5.41, 5.74) is 6.85. The third-order valence-electron chi connectivity index (χ3n) is 2.80. The Hall–Kier alpha value is -2.30. The van der Waals surface area contributed by atoms with Crippen LogP contribution in [-0.4, -0.2) is 18.6 Å². The minimum atomic E-state index is -0.312. The molecule has 0 amide bonds. The van der Waals surface area contributed by atoms with Gasteiger partial charge in [-0.3, -0.25) is 0 Å². The molecule has 0 saturated heterocycles. The summed E-state index contributed by atoms with van der Waals surface area (Å²) in [5.74, 6) is 0.624. The highest BCUT2D eigenvalue weighted by Crippen LogP contribution is 2.31. The molecule has 0 aliphatic heterocycles. The van der Waals surface area contributed by atoms with Crippen molar-refractivity contribution in [2.45, 2.75) is 6.92 Å². The van der Waals surface area contributed by atoms with Crippen molar-refractivity contribution in [1.82, 2.24) is 4.98 Å². The fraction of sp³-hybridized carbons (Fsp3) is 0.214. The highest BCUT2D eigenvalue weighted by molar-refractivity contribution is 5.71. The normalized spacial score (nSPS) is 10.3. The zero-order valence-electron chi connectivity index (χ0n) is 10.9. The quantitative estimate of drug-likeness (QED) is 0.919. The van der Waals surface area contributed by atoms with Crippen LogP contribution >= 0.6 is 0 Å². The molecule has 0 atom stereocenters. The van der Waals surface area contributed by atoms with Gasteiger partial charge in [0.05, 0.1) is 18.5 Å². The number of rotatable bonds is 4. The van der Waals surface area contributed by atoms with Gasteiger partial charge >= 0.3 is 0 Å². The zero-order valence-corrected chi connectivity index (χ0v) is 10.9. The summed E-state index contributed by atoms with van der Waals surface area (Å²) in [6.07, 6.45) is 0. The van der Waals surface area contributed by atoms with E-state index in [0.29, 0.717) is 29.6 Å². The Labute approximate surface area is 111 Å². The van der Waals surface area contributed by atoms with Gasteiger partial charge in [-0.25, -0.2) is 4.39 Å². The number of pyridine rings is 1. The van der Waals surface area contributed by atoms with Crippen LogP contribution in [0.3, 0.4) is 0 Å². The monoisotopic (exact) mass is 261 g/mol. The number of nitrogens with two attached hydrogens (primary N) is 1. The third-order valence-corrected chi connectivity index (χ3v) is 2.80. The second kappa shape index (κ2) is 5.56. The van der Waals surface area contributed by atoms with E-state index >= 15 is 0 Å². The maximum absolute atomic E-state index is 13.9. The lowest BCUT2D eigenvalue weighted by Crippen LogP contribution is -2.20. The molecule has 0 saturated carbocycles. The van der Waals surface area contributed by atoms with Crippen LogP contribution < -0.4 is 15.4 Å². The van der Waals surface area contributed by atoms with Crippen LogP contribution in [-0.2, 0) is 0 Å². The molecule has 100 valence electrons. The van der Waals surface area contributed by atoms with E-state index in [4.69, 9.17) is 10.5 Å². The van der Waals surface area contributed by atoms with Gasteiger partial charge in [-0.05, 0) is 25.1 Å². The Morgan fingerprint density at radius 3 is 2.63 bits per heavy atom. The second-order valence-electron chi connectivity index (χ2n) is 3.96. The van der Waals surface area contributed by atoms with Gasteiger partial charge in [0.15, 0.2) is 5.82 Å². The Bertz CT molecular complexity index is 574. The molecule has 0 aliphatic rings. The molecule has 19 heavy (non-hydrogen) atoms. The summed E-state index contributed by atoms with van der Waals surface area (Å²) in [6.45, 7) is 2.46. The van der Waals surface area contributed by atoms with E-state index in [1.54, 1.807) is 35.2 Å². The lowest BCUT2D eigenvalue weighted by atomic mass is 10.2. The van der Waals surface area contributed by atoms with Crippen molar-refractivity contribution in [2.75, 3.05) is 24.3 Å². The van der Waals surface area contributed by atoms with Gasteiger partial charge in [0, 0.05) is 12.6 Å². The number of nitrogens with zero attached hydrogens (tertiary/aromatic N) is 2. The number of para-hydroxylation sites is 1. The van der Waals surface area contributed by atoms with E-state index in [-0.39, 0.29) is 5.82 Å². The highest BCUT2D eigenvalue weighted by atomic mass is 19.1. The maximum Gasteiger partial charge on any atom is 0.215 e. The van der Waals surface area contributed by atoms with Gasteiger partial charge in [0.25, 0.3) is 0 Å². The van der Waals surface area contributed by atoms with Crippen molar-refractivity contribution < 1.29 is 9.13 Å². The molecule has 0 bridgehead atoms. The number of hydrogen-bond donors (Lipinski definition) is 1. The predicted molar refractivity (Wildman–Crippen MR) is 74.3 cm³/mol. The maximum atomic E-state index is 13.9. The van der Waals surface area contributed by atoms with Crippen molar-refractivity contribution in [2.24, 2.45) is 0 Å². The molecule has 1 aromatic carbocycles. The summed E-state index contributed by atoms with van der Waals surface area (Å²) >= 11 is 0. The molecule has 1 heterocycles. The number of benzene rings is 1. The van der Waals surface area contributed by atoms with Crippen LogP contribution in [0, 0.1) is 5.82 Å². The van der Waals surface area contributed by atoms with Gasteiger partial charge in [0.2, 0.25) is 5.88 Å². The number of ether oxygens (including phenoxy) is 1. The molecule has 0 unspecified atom stereocenters. The summed E-state index contributed by atoms with van der Waals surface area (Å²) in [7, 11) is 1.53. The van der Waals surface area contributed by atoms with Crippen molar-refractivity contribution in [3.8, 4) is 5.88 Å². The lowest BCUT2D eigenvalue weighted by Gasteiger charge is -2.24. The van der Waals surface area contributed by atoms with Gasteiger partial charge in [-0.2, -0.15) is 4.98 Å². The zero-order chi connectivity index (χ0) is 13.8. The van der Waals surface area contributed by atoms with E-state index in [9.17, 15) is 4.39 Å². The molecular weight excluding hydrogens is 245 g/mol. The van der Waals surface area contributed by atoms with E-state index in [1.807, 2.05) is 6.92 Å². The smallest absolute Gasteiger partial charge is 0.215 e. The summed E-state index contributed by atoms with van der Waals surface area (Å²) in [6, 6.07) is 9.90. The first-order chi connectivity index (χ1) is 9.17. The Kier molecular flexibility index (Phi) is 3.85. The first-order valence-corrected chi connectivity index (χ1v) is 6.00. The summed E-state index contributed by atoms with van der Waals surface area (Å²) in [5, 5.41) is 0. The minimum absolute atomic E-state index is 0.312. The summed E-state index contributed by atoms with van der Waals surface area (Å²) in [4.78, 5) is 6.01. The van der Waals surface area contributed by atoms with Crippen molar-refractivity contribution in [1.29, 1.82) is 0 Å². The number of hydrogen-bond acceptors (Lipinski definition) is 4. The van der Waals surface area contributed by atoms with Crippen LogP contribution in [0.4, 0.5) is 21.6 Å². The fourth-order valence-electron chi connectivity index (χ4n) is 1.88. The number of nitrogen functional groups attached to an aromatic ring is 1. The Morgan fingerprint density at radius 1 is 1.26 bits per heavy atom. The van der Waals surface area contributed by atoms with Crippen LogP contribution in [0.1, 0.15) is 6.92 Å². The Balaban J connectivity index is 2.51. The van der Waals surface area contributed by atoms with E-state index in [0.717, 1.165) is 0 Å². The van der Waals surface area contributed by atoms with Crippen molar-refractivity contribution in [3.05, 3.63) is 42.2 Å². The van der Waals surface area contributed by atoms with Crippen LogP contribution in [0.25, 0.3) is 0 Å². The number of methoxy groups -OCH3 is 1. The van der Waals surface area contributed by atoms with Crippen LogP contribution in [0.15, 0.2) is 36.4 Å². The van der Waals surface area contributed by atoms with Crippen LogP contribution in [0.2, 0.25) is 0 Å². The number of halogens is 1. The molecule has 4 nitrogen and oxygen atoms in total. The van der Waals surface area contributed by atoms with Crippen molar-refractivity contribution >= 4 is 17.2 Å². The molecular formula is C14H16FN3O. The molecule has 0 radical (unpaired) electrons. The average Bonchev–Trinajstić information content (AvgIpc) is 2.43. The standard InChI is InChI=1S/C14H16FN3O/c1-3-18(12-7-5-4-6-10(12)15)14-11(16)8-9-13(17-14)19-2/h4-9H,3,16H2,1-2H3. The minimum Gasteiger partial charge on any atom is -0.481 e. The van der Waals surface area contributed by atoms with E-state index in [1.165, 1.54) is 13.2 Å². The second-order valence-corrected chi connectivity index (χ2v) is 3.96. The number of aromatic nitrogens is 1. The Morgan fingerprint density at radius 2 is 2.00 bits per heavy atom. The fourth-order valence-corrected chi connectivity index (χ4v) is 1.88. The van der Waals surface area contributed by atoms with E-state index in [2.05, 4.69) is 4.98 Å². The third kappa shape index (κ3) is 2.59. The van der Waals surface area contributed by atoms with Gasteiger partial charge < -0.3 is 15.4 Å². The molecule has 2 N–H and O–H groups in total. The lowest BCUT2D eigenvalue weighted by molar-refractivity contribution is 0.398. The first kappa shape index (κ1) is 13.1. The average molecular weight is 261 g/mol. The number of anilines is 3. The van der Waals surface area contributed by atoms with E-state index < -0.39 is 0 Å². The van der Waals surface area contributed by atoms with Gasteiger partial charge in [-0.15, -0.1) is 0 Å². The summed E-state index contributed by atoms with van der Waals surface area (Å²) < 4.78 is 19.0. The van der Waals surface area contributed by atoms with Crippen molar-refractivity contribution in [3.63, 3.8) is 0 Å².